The molecule has 1 atom stereocenters. The molecule has 0 aliphatic carbocycles. The first-order chi connectivity index (χ1) is 7.37. The van der Waals surface area contributed by atoms with Crippen LogP contribution in [0, 0.1) is 10.8 Å². The summed E-state index contributed by atoms with van der Waals surface area (Å²) in [5.74, 6) is 0.00470. The lowest BCUT2D eigenvalue weighted by molar-refractivity contribution is 0.230. The zero-order valence-electron chi connectivity index (χ0n) is 11.7. The van der Waals surface area contributed by atoms with Gasteiger partial charge in [-0.05, 0) is 23.1 Å². The maximum absolute atomic E-state index is 10.7. The average Bonchev–Trinajstić information content (AvgIpc) is 2.09. The number of phosphoric acid groups is 1. The fourth-order valence-corrected chi connectivity index (χ4v) is 1.76. The minimum absolute atomic E-state index is 0.00470. The highest BCUT2D eigenvalue weighted by Gasteiger charge is 2.33. The summed E-state index contributed by atoms with van der Waals surface area (Å²) in [6.45, 7) is 12.5. The molecule has 0 aliphatic rings. The zero-order chi connectivity index (χ0) is 13.9. The van der Waals surface area contributed by atoms with E-state index in [0.717, 1.165) is 12.8 Å². The first kappa shape index (κ1) is 17.2. The van der Waals surface area contributed by atoms with Gasteiger partial charge in [0.15, 0.2) is 0 Å². The van der Waals surface area contributed by atoms with Gasteiger partial charge in [-0.1, -0.05) is 48.0 Å². The Kier molecular flexibility index (Phi) is 5.94. The Hall–Kier alpha value is 0.175. The van der Waals surface area contributed by atoms with Gasteiger partial charge in [-0.25, -0.2) is 4.57 Å². The van der Waals surface area contributed by atoms with Gasteiger partial charge >= 0.3 is 15.3 Å². The lowest BCUT2D eigenvalue weighted by atomic mass is 9.58. The van der Waals surface area contributed by atoms with Crippen molar-refractivity contribution in [3.8, 4) is 0 Å². The van der Waals surface area contributed by atoms with Crippen LogP contribution < -0.4 is 0 Å². The molecule has 1 unspecified atom stereocenters. The molecule has 0 aromatic carbocycles. The summed E-state index contributed by atoms with van der Waals surface area (Å²) in [5.41, 5.74) is 0.0499. The topological polar surface area (TPSA) is 66.8 Å². The third kappa shape index (κ3) is 7.98. The monoisotopic (exact) mass is 263 g/mol. The van der Waals surface area contributed by atoms with Crippen molar-refractivity contribution in [2.24, 2.45) is 10.8 Å². The summed E-state index contributed by atoms with van der Waals surface area (Å²) in [6, 6.07) is 0. The van der Waals surface area contributed by atoms with Gasteiger partial charge in [-0.3, -0.25) is 0 Å². The molecule has 0 saturated heterocycles. The smallest absolute Gasteiger partial charge is 0.355 e. The molecule has 0 bridgehead atoms. The second kappa shape index (κ2) is 5.88. The molecule has 0 saturated carbocycles. The molecule has 0 rings (SSSR count). The van der Waals surface area contributed by atoms with Crippen LogP contribution in [0.3, 0.4) is 0 Å². The van der Waals surface area contributed by atoms with Gasteiger partial charge in [0.05, 0.1) is 0 Å². The van der Waals surface area contributed by atoms with Crippen LogP contribution in [0.15, 0.2) is 0 Å². The van der Waals surface area contributed by atoms with Crippen molar-refractivity contribution in [1.82, 2.24) is 0 Å². The lowest BCUT2D eigenvalue weighted by Gasteiger charge is -2.36. The quantitative estimate of drug-likeness (QED) is 0.569. The Morgan fingerprint density at radius 1 is 1.24 bits per heavy atom. The van der Waals surface area contributed by atoms with Crippen LogP contribution in [0.4, 0.5) is 0 Å². The predicted molar refractivity (Wildman–Crippen MR) is 70.8 cm³/mol. The molecule has 0 amide bonds. The molecule has 101 valence electrons. The van der Waals surface area contributed by atoms with Crippen LogP contribution in [0.1, 0.15) is 54.4 Å². The van der Waals surface area contributed by atoms with Gasteiger partial charge < -0.3 is 14.2 Å². The van der Waals surface area contributed by atoms with Gasteiger partial charge in [0, 0.05) is 0 Å². The van der Waals surface area contributed by atoms with Crippen molar-refractivity contribution in [1.29, 1.82) is 0 Å². The largest absolute Gasteiger partial charge is 0.454 e. The summed E-state index contributed by atoms with van der Waals surface area (Å²) < 4.78 is 15.3. The Morgan fingerprint density at radius 2 is 1.71 bits per heavy atom. The molecule has 2 N–H and O–H groups in total. The first-order valence-corrected chi connectivity index (χ1v) is 7.48. The van der Waals surface area contributed by atoms with E-state index in [0.29, 0.717) is 0 Å². The number of hydrogen-bond acceptors (Lipinski definition) is 2. The average molecular weight is 263 g/mol. The molecule has 0 heterocycles. The number of rotatable bonds is 6. The van der Waals surface area contributed by atoms with E-state index in [4.69, 9.17) is 9.79 Å². The molecule has 0 fully saturated rings. The van der Waals surface area contributed by atoms with Crippen LogP contribution in [-0.2, 0) is 9.01 Å². The zero-order valence-corrected chi connectivity index (χ0v) is 12.6. The van der Waals surface area contributed by atoms with E-state index in [1.165, 1.54) is 7.48 Å². The van der Waals surface area contributed by atoms with Crippen LogP contribution in [0.25, 0.3) is 0 Å². The molecule has 0 aliphatic heterocycles. The SMILES string of the molecule is CCC(C)(C)CC([B]OP(=O)(O)O)C(C)(C)C. The maximum atomic E-state index is 10.7. The van der Waals surface area contributed by atoms with Crippen molar-refractivity contribution in [2.75, 3.05) is 0 Å². The first-order valence-electron chi connectivity index (χ1n) is 5.95. The van der Waals surface area contributed by atoms with E-state index in [9.17, 15) is 4.57 Å². The van der Waals surface area contributed by atoms with Crippen LogP contribution in [0.5, 0.6) is 0 Å². The normalized spacial score (nSPS) is 15.8. The molecule has 4 nitrogen and oxygen atoms in total. The third-order valence-electron chi connectivity index (χ3n) is 3.20. The summed E-state index contributed by atoms with van der Waals surface area (Å²) in [4.78, 5) is 17.5. The minimum atomic E-state index is -4.42. The van der Waals surface area contributed by atoms with E-state index in [2.05, 4.69) is 25.2 Å². The van der Waals surface area contributed by atoms with E-state index in [1.54, 1.807) is 0 Å². The second-order valence-electron chi connectivity index (χ2n) is 6.43. The molecular formula is C11H25BO4P. The standard InChI is InChI=1S/C11H25BO4P/c1-7-11(5,6)8-9(10(2,3)4)12-16-17(13,14)15/h9H,7-8H2,1-6H3,(H2,13,14,15). The summed E-state index contributed by atoms with van der Waals surface area (Å²) in [5, 5.41) is 0. The van der Waals surface area contributed by atoms with Gasteiger partial charge in [0.1, 0.15) is 0 Å². The van der Waals surface area contributed by atoms with Crippen molar-refractivity contribution in [3.63, 3.8) is 0 Å². The van der Waals surface area contributed by atoms with Gasteiger partial charge in [0.2, 0.25) is 0 Å². The lowest BCUT2D eigenvalue weighted by Crippen LogP contribution is -2.27. The minimum Gasteiger partial charge on any atom is -0.355 e. The highest BCUT2D eigenvalue weighted by molar-refractivity contribution is 7.47. The summed E-state index contributed by atoms with van der Waals surface area (Å²) in [6.07, 6.45) is 1.86. The highest BCUT2D eigenvalue weighted by Crippen LogP contribution is 2.45. The van der Waals surface area contributed by atoms with E-state index in [-0.39, 0.29) is 16.6 Å². The van der Waals surface area contributed by atoms with E-state index < -0.39 is 7.82 Å². The van der Waals surface area contributed by atoms with Gasteiger partial charge in [-0.2, -0.15) is 0 Å². The van der Waals surface area contributed by atoms with Crippen molar-refractivity contribution < 1.29 is 18.8 Å². The molecule has 17 heavy (non-hydrogen) atoms. The van der Waals surface area contributed by atoms with Crippen molar-refractivity contribution in [2.45, 2.75) is 60.2 Å². The summed E-state index contributed by atoms with van der Waals surface area (Å²) >= 11 is 0. The highest BCUT2D eigenvalue weighted by atomic mass is 31.2. The molecular weight excluding hydrogens is 238 g/mol. The Bertz CT molecular complexity index is 280. The molecule has 1 radical (unpaired) electrons. The third-order valence-corrected chi connectivity index (χ3v) is 3.60. The van der Waals surface area contributed by atoms with Gasteiger partial charge in [-0.15, -0.1) is 0 Å². The number of hydrogen-bond donors (Lipinski definition) is 2. The fourth-order valence-electron chi connectivity index (χ4n) is 1.45. The van der Waals surface area contributed by atoms with Crippen LogP contribution >= 0.6 is 7.82 Å². The molecule has 0 aromatic heterocycles. The maximum Gasteiger partial charge on any atom is 0.454 e. The van der Waals surface area contributed by atoms with E-state index in [1.807, 2.05) is 20.8 Å². The summed E-state index contributed by atoms with van der Waals surface area (Å²) in [7, 11) is -3.10. The molecule has 6 heteroatoms. The van der Waals surface area contributed by atoms with Crippen LogP contribution in [0.2, 0.25) is 5.82 Å². The van der Waals surface area contributed by atoms with Crippen molar-refractivity contribution in [3.05, 3.63) is 0 Å². The Morgan fingerprint density at radius 3 is 2.00 bits per heavy atom. The van der Waals surface area contributed by atoms with Gasteiger partial charge in [0.25, 0.3) is 0 Å². The molecule has 0 aromatic rings. The predicted octanol–water partition coefficient (Wildman–Crippen LogP) is 3.38. The van der Waals surface area contributed by atoms with E-state index >= 15 is 0 Å². The van der Waals surface area contributed by atoms with Crippen LogP contribution in [-0.4, -0.2) is 17.3 Å². The second-order valence-corrected chi connectivity index (χ2v) is 7.62. The Labute approximate surface area is 106 Å². The van der Waals surface area contributed by atoms with Crippen molar-refractivity contribution >= 4 is 15.3 Å². The fraction of sp³-hybridized carbons (Fsp3) is 1.00. The Balaban J connectivity index is 4.63. The molecule has 0 spiro atoms.